The Bertz CT molecular complexity index is 194. The summed E-state index contributed by atoms with van der Waals surface area (Å²) in [6.45, 7) is 5.19. The second kappa shape index (κ2) is 5.44. The second-order valence-electron chi connectivity index (χ2n) is 3.87. The molecular weight excluding hydrogens is 182 g/mol. The van der Waals surface area contributed by atoms with E-state index in [0.29, 0.717) is 13.2 Å². The zero-order chi connectivity index (χ0) is 10.6. The Morgan fingerprint density at radius 3 is 2.86 bits per heavy atom. The Morgan fingerprint density at radius 2 is 2.29 bits per heavy atom. The molecule has 1 saturated heterocycles. The monoisotopic (exact) mass is 201 g/mol. The van der Waals surface area contributed by atoms with Crippen molar-refractivity contribution in [2.75, 3.05) is 26.9 Å². The van der Waals surface area contributed by atoms with Gasteiger partial charge < -0.3 is 14.8 Å². The summed E-state index contributed by atoms with van der Waals surface area (Å²) < 4.78 is 10.5. The van der Waals surface area contributed by atoms with Crippen LogP contribution in [0.15, 0.2) is 0 Å². The van der Waals surface area contributed by atoms with Crippen molar-refractivity contribution >= 4 is 5.78 Å². The van der Waals surface area contributed by atoms with Gasteiger partial charge >= 0.3 is 0 Å². The van der Waals surface area contributed by atoms with Gasteiger partial charge in [0, 0.05) is 6.04 Å². The van der Waals surface area contributed by atoms with E-state index in [4.69, 9.17) is 9.47 Å². The standard InChI is InChI=1S/C10H19NO3/c1-7(2)14-6-10(12)8-4-13-5-9(8)11-3/h7-9,11H,4-6H2,1-3H3. The minimum Gasteiger partial charge on any atom is -0.379 e. The first kappa shape index (κ1) is 11.6. The smallest absolute Gasteiger partial charge is 0.165 e. The molecule has 0 aromatic rings. The predicted octanol–water partition coefficient (Wildman–Crippen LogP) is 0.215. The normalized spacial score (nSPS) is 27.1. The molecule has 1 rings (SSSR count). The Labute approximate surface area is 85.0 Å². The van der Waals surface area contributed by atoms with E-state index < -0.39 is 0 Å². The zero-order valence-corrected chi connectivity index (χ0v) is 9.08. The minimum absolute atomic E-state index is 0.0428. The van der Waals surface area contributed by atoms with E-state index in [0.717, 1.165) is 0 Å². The quantitative estimate of drug-likeness (QED) is 0.691. The molecular formula is C10H19NO3. The Morgan fingerprint density at radius 1 is 1.57 bits per heavy atom. The van der Waals surface area contributed by atoms with Crippen molar-refractivity contribution < 1.29 is 14.3 Å². The average Bonchev–Trinajstić information content (AvgIpc) is 2.61. The number of Topliss-reactive ketones (excluding diaryl/α,β-unsaturated/α-hetero) is 1. The summed E-state index contributed by atoms with van der Waals surface area (Å²) in [4.78, 5) is 11.7. The van der Waals surface area contributed by atoms with E-state index in [1.165, 1.54) is 0 Å². The van der Waals surface area contributed by atoms with Crippen LogP contribution < -0.4 is 5.32 Å². The highest BCUT2D eigenvalue weighted by Crippen LogP contribution is 2.14. The third-order valence-electron chi connectivity index (χ3n) is 2.42. The van der Waals surface area contributed by atoms with E-state index in [9.17, 15) is 4.79 Å². The van der Waals surface area contributed by atoms with Crippen LogP contribution >= 0.6 is 0 Å². The van der Waals surface area contributed by atoms with E-state index >= 15 is 0 Å². The lowest BCUT2D eigenvalue weighted by Crippen LogP contribution is -2.38. The van der Waals surface area contributed by atoms with Gasteiger partial charge in [0.15, 0.2) is 5.78 Å². The first-order valence-electron chi connectivity index (χ1n) is 5.04. The molecule has 0 spiro atoms. The maximum Gasteiger partial charge on any atom is 0.165 e. The highest BCUT2D eigenvalue weighted by molar-refractivity contribution is 5.83. The molecule has 2 atom stereocenters. The molecule has 0 aromatic heterocycles. The fraction of sp³-hybridized carbons (Fsp3) is 0.900. The topological polar surface area (TPSA) is 47.6 Å². The van der Waals surface area contributed by atoms with Gasteiger partial charge in [-0.05, 0) is 20.9 Å². The van der Waals surface area contributed by atoms with Crippen LogP contribution in [0, 0.1) is 5.92 Å². The van der Waals surface area contributed by atoms with Crippen molar-refractivity contribution in [2.24, 2.45) is 5.92 Å². The lowest BCUT2D eigenvalue weighted by molar-refractivity contribution is -0.129. The summed E-state index contributed by atoms with van der Waals surface area (Å²) in [5, 5.41) is 3.08. The molecule has 1 aliphatic rings. The molecule has 1 heterocycles. The van der Waals surface area contributed by atoms with Gasteiger partial charge in [0.25, 0.3) is 0 Å². The zero-order valence-electron chi connectivity index (χ0n) is 9.08. The van der Waals surface area contributed by atoms with Gasteiger partial charge in [-0.2, -0.15) is 0 Å². The molecule has 4 nitrogen and oxygen atoms in total. The first-order valence-corrected chi connectivity index (χ1v) is 5.04. The number of rotatable bonds is 5. The van der Waals surface area contributed by atoms with E-state index in [1.54, 1.807) is 0 Å². The molecule has 14 heavy (non-hydrogen) atoms. The summed E-state index contributed by atoms with van der Waals surface area (Å²) in [5.41, 5.74) is 0. The highest BCUT2D eigenvalue weighted by atomic mass is 16.5. The number of likely N-dealkylation sites (N-methyl/N-ethyl adjacent to an activating group) is 1. The van der Waals surface area contributed by atoms with Crippen molar-refractivity contribution in [1.82, 2.24) is 5.32 Å². The maximum atomic E-state index is 11.7. The number of carbonyl (C=O) groups is 1. The highest BCUT2D eigenvalue weighted by Gasteiger charge is 2.32. The van der Waals surface area contributed by atoms with Gasteiger partial charge in [-0.25, -0.2) is 0 Å². The molecule has 1 aliphatic heterocycles. The van der Waals surface area contributed by atoms with Crippen molar-refractivity contribution in [3.8, 4) is 0 Å². The average molecular weight is 201 g/mol. The molecule has 0 radical (unpaired) electrons. The summed E-state index contributed by atoms with van der Waals surface area (Å²) in [7, 11) is 1.85. The van der Waals surface area contributed by atoms with Crippen molar-refractivity contribution in [1.29, 1.82) is 0 Å². The third kappa shape index (κ3) is 3.04. The summed E-state index contributed by atoms with van der Waals surface area (Å²) >= 11 is 0. The van der Waals surface area contributed by atoms with Crippen LogP contribution in [-0.2, 0) is 14.3 Å². The third-order valence-corrected chi connectivity index (χ3v) is 2.42. The summed E-state index contributed by atoms with van der Waals surface area (Å²) in [6, 6.07) is 0.151. The van der Waals surface area contributed by atoms with Crippen molar-refractivity contribution in [3.63, 3.8) is 0 Å². The number of carbonyl (C=O) groups excluding carboxylic acids is 1. The molecule has 0 aromatic carbocycles. The van der Waals surface area contributed by atoms with E-state index in [1.807, 2.05) is 20.9 Å². The Balaban J connectivity index is 2.35. The summed E-state index contributed by atoms with van der Waals surface area (Å²) in [6.07, 6.45) is 0.106. The van der Waals surface area contributed by atoms with Crippen molar-refractivity contribution in [2.45, 2.75) is 26.0 Å². The van der Waals surface area contributed by atoms with Gasteiger partial charge in [0.2, 0.25) is 0 Å². The SMILES string of the molecule is CNC1COCC1C(=O)COC(C)C. The lowest BCUT2D eigenvalue weighted by Gasteiger charge is -2.16. The molecule has 1 N–H and O–H groups in total. The van der Waals surface area contributed by atoms with E-state index in [-0.39, 0.29) is 30.5 Å². The van der Waals surface area contributed by atoms with Crippen LogP contribution in [0.3, 0.4) is 0 Å². The van der Waals surface area contributed by atoms with Gasteiger partial charge in [0.1, 0.15) is 6.61 Å². The van der Waals surface area contributed by atoms with Crippen LogP contribution in [0.25, 0.3) is 0 Å². The predicted molar refractivity (Wildman–Crippen MR) is 53.3 cm³/mol. The molecule has 0 saturated carbocycles. The molecule has 4 heteroatoms. The van der Waals surface area contributed by atoms with Crippen LogP contribution in [0.1, 0.15) is 13.8 Å². The van der Waals surface area contributed by atoms with Crippen LogP contribution in [-0.4, -0.2) is 44.8 Å². The molecule has 0 aliphatic carbocycles. The number of hydrogen-bond donors (Lipinski definition) is 1. The Kier molecular flexibility index (Phi) is 4.51. The molecule has 0 bridgehead atoms. The minimum atomic E-state index is -0.0428. The maximum absolute atomic E-state index is 11.7. The fourth-order valence-electron chi connectivity index (χ4n) is 1.51. The van der Waals surface area contributed by atoms with Crippen LogP contribution in [0.2, 0.25) is 0 Å². The van der Waals surface area contributed by atoms with E-state index in [2.05, 4.69) is 5.32 Å². The molecule has 82 valence electrons. The molecule has 0 amide bonds. The Hall–Kier alpha value is -0.450. The van der Waals surface area contributed by atoms with Crippen molar-refractivity contribution in [3.05, 3.63) is 0 Å². The van der Waals surface area contributed by atoms with Gasteiger partial charge in [-0.15, -0.1) is 0 Å². The van der Waals surface area contributed by atoms with Crippen LogP contribution in [0.5, 0.6) is 0 Å². The molecule has 2 unspecified atom stereocenters. The lowest BCUT2D eigenvalue weighted by atomic mass is 9.99. The fourth-order valence-corrected chi connectivity index (χ4v) is 1.51. The van der Waals surface area contributed by atoms with Crippen LogP contribution in [0.4, 0.5) is 0 Å². The first-order chi connectivity index (χ1) is 6.65. The summed E-state index contributed by atoms with van der Waals surface area (Å²) in [5.74, 6) is 0.0919. The van der Waals surface area contributed by atoms with Gasteiger partial charge in [-0.1, -0.05) is 0 Å². The van der Waals surface area contributed by atoms with Gasteiger partial charge in [0.05, 0.1) is 25.2 Å². The number of ether oxygens (including phenoxy) is 2. The largest absolute Gasteiger partial charge is 0.379 e. The second-order valence-corrected chi connectivity index (χ2v) is 3.87. The number of ketones is 1. The number of nitrogens with one attached hydrogen (secondary N) is 1. The molecule has 1 fully saturated rings. The van der Waals surface area contributed by atoms with Gasteiger partial charge in [-0.3, -0.25) is 4.79 Å². The number of hydrogen-bond acceptors (Lipinski definition) is 4.